The molecule has 192 valence electrons. The SMILES string of the molecule is COc1ccccc1C1CC(=O)C2=C(C1)NC(C)=C(C(=O)OC1CC3CCC1N3)C2c1cccc(O)c1. The second-order valence-corrected chi connectivity index (χ2v) is 10.6. The van der Waals surface area contributed by atoms with E-state index < -0.39 is 11.9 Å². The Morgan fingerprint density at radius 3 is 2.65 bits per heavy atom. The number of methoxy groups -OCH3 is 1. The third kappa shape index (κ3) is 4.21. The van der Waals surface area contributed by atoms with Gasteiger partial charge in [0.1, 0.15) is 17.6 Å². The second-order valence-electron chi connectivity index (χ2n) is 10.6. The number of fused-ring (bicyclic) bond motifs is 2. The standard InChI is InChI=1S/C30H32N2O5/c1-16-27(30(35)37-26-15-19-10-11-22(26)32-19)28(17-6-5-7-20(33)12-17)29-23(31-16)13-18(14-24(29)34)21-8-3-4-9-25(21)36-2/h3-9,12,18-19,22,26,28,31-33H,10-11,13-15H2,1-2H3. The van der Waals surface area contributed by atoms with Crippen molar-refractivity contribution in [3.8, 4) is 11.5 Å². The average Bonchev–Trinajstić information content (AvgIpc) is 3.51. The molecule has 5 atom stereocenters. The summed E-state index contributed by atoms with van der Waals surface area (Å²) in [6.07, 6.45) is 3.71. The molecule has 7 heteroatoms. The summed E-state index contributed by atoms with van der Waals surface area (Å²) in [4.78, 5) is 27.5. The van der Waals surface area contributed by atoms with Crippen molar-refractivity contribution in [1.29, 1.82) is 0 Å². The minimum Gasteiger partial charge on any atom is -0.508 e. The summed E-state index contributed by atoms with van der Waals surface area (Å²) < 4.78 is 11.6. The quantitative estimate of drug-likeness (QED) is 0.530. The van der Waals surface area contributed by atoms with Crippen LogP contribution >= 0.6 is 0 Å². The van der Waals surface area contributed by atoms with E-state index in [-0.39, 0.29) is 29.6 Å². The van der Waals surface area contributed by atoms with Gasteiger partial charge >= 0.3 is 5.97 Å². The van der Waals surface area contributed by atoms with E-state index in [1.165, 1.54) is 0 Å². The Morgan fingerprint density at radius 1 is 1.08 bits per heavy atom. The van der Waals surface area contributed by atoms with Crippen molar-refractivity contribution in [3.63, 3.8) is 0 Å². The molecule has 7 nitrogen and oxygen atoms in total. The third-order valence-corrected chi connectivity index (χ3v) is 8.33. The Labute approximate surface area is 216 Å². The fourth-order valence-corrected chi connectivity index (χ4v) is 6.68. The topological polar surface area (TPSA) is 96.9 Å². The smallest absolute Gasteiger partial charge is 0.337 e. The molecule has 2 aromatic carbocycles. The van der Waals surface area contributed by atoms with Crippen LogP contribution in [0.2, 0.25) is 0 Å². The summed E-state index contributed by atoms with van der Waals surface area (Å²) >= 11 is 0. The molecule has 1 aliphatic carbocycles. The highest BCUT2D eigenvalue weighted by Crippen LogP contribution is 2.47. The lowest BCUT2D eigenvalue weighted by Gasteiger charge is -2.37. The zero-order valence-corrected chi connectivity index (χ0v) is 21.1. The second kappa shape index (κ2) is 9.38. The minimum atomic E-state index is -0.603. The van der Waals surface area contributed by atoms with Crippen LogP contribution in [0.1, 0.15) is 62.0 Å². The molecule has 3 heterocycles. The summed E-state index contributed by atoms with van der Waals surface area (Å²) in [6.45, 7) is 1.87. The fraction of sp³-hybridized carbons (Fsp3) is 0.400. The molecular formula is C30H32N2O5. The number of aromatic hydroxyl groups is 1. The van der Waals surface area contributed by atoms with Gasteiger partial charge in [0.15, 0.2) is 5.78 Å². The van der Waals surface area contributed by atoms with E-state index in [1.54, 1.807) is 25.3 Å². The zero-order chi connectivity index (χ0) is 25.7. The summed E-state index contributed by atoms with van der Waals surface area (Å²) in [5.41, 5.74) is 4.22. The molecule has 3 N–H and O–H groups in total. The number of allylic oxidation sites excluding steroid dienone is 3. The van der Waals surface area contributed by atoms with E-state index in [0.29, 0.717) is 41.3 Å². The van der Waals surface area contributed by atoms with Crippen LogP contribution in [0, 0.1) is 0 Å². The molecule has 2 fully saturated rings. The van der Waals surface area contributed by atoms with E-state index in [0.717, 1.165) is 36.3 Å². The number of esters is 1. The molecular weight excluding hydrogens is 468 g/mol. The average molecular weight is 501 g/mol. The van der Waals surface area contributed by atoms with E-state index in [4.69, 9.17) is 9.47 Å². The first-order valence-electron chi connectivity index (χ1n) is 13.1. The van der Waals surface area contributed by atoms with E-state index in [1.807, 2.05) is 37.3 Å². The molecule has 37 heavy (non-hydrogen) atoms. The number of nitrogens with one attached hydrogen (secondary N) is 2. The summed E-state index contributed by atoms with van der Waals surface area (Å²) in [5.74, 6) is -0.201. The Hall–Kier alpha value is -3.58. The number of Topliss-reactive ketones (excluding diaryl/α,β-unsaturated/α-hetero) is 1. The maximum Gasteiger partial charge on any atom is 0.337 e. The number of ether oxygens (including phenoxy) is 2. The number of carbonyl (C=O) groups is 2. The van der Waals surface area contributed by atoms with Crippen molar-refractivity contribution in [1.82, 2.24) is 10.6 Å². The Balaban J connectivity index is 1.37. The van der Waals surface area contributed by atoms with E-state index in [2.05, 4.69) is 10.6 Å². The molecule has 0 spiro atoms. The van der Waals surface area contributed by atoms with Crippen molar-refractivity contribution in [2.24, 2.45) is 0 Å². The van der Waals surface area contributed by atoms with Crippen LogP contribution in [-0.2, 0) is 14.3 Å². The Kier molecular flexibility index (Phi) is 6.03. The van der Waals surface area contributed by atoms with Gasteiger partial charge in [0, 0.05) is 53.7 Å². The fourth-order valence-electron chi connectivity index (χ4n) is 6.68. The minimum absolute atomic E-state index is 0.0163. The molecule has 0 amide bonds. The van der Waals surface area contributed by atoms with Gasteiger partial charge in [0.05, 0.1) is 12.7 Å². The van der Waals surface area contributed by atoms with Crippen LogP contribution in [0.5, 0.6) is 11.5 Å². The van der Waals surface area contributed by atoms with Crippen LogP contribution < -0.4 is 15.4 Å². The molecule has 4 aliphatic rings. The summed E-state index contributed by atoms with van der Waals surface area (Å²) in [6, 6.07) is 15.2. The molecule has 0 saturated carbocycles. The van der Waals surface area contributed by atoms with Gasteiger partial charge < -0.3 is 25.2 Å². The van der Waals surface area contributed by atoms with Gasteiger partial charge in [-0.1, -0.05) is 30.3 Å². The maximum atomic E-state index is 13.8. The molecule has 2 saturated heterocycles. The Morgan fingerprint density at radius 2 is 1.92 bits per heavy atom. The lowest BCUT2D eigenvalue weighted by atomic mass is 9.71. The van der Waals surface area contributed by atoms with Crippen molar-refractivity contribution in [3.05, 3.63) is 82.2 Å². The van der Waals surface area contributed by atoms with Crippen molar-refractivity contribution in [2.45, 2.75) is 69.1 Å². The maximum absolute atomic E-state index is 13.8. The molecule has 2 aromatic rings. The Bertz CT molecular complexity index is 1330. The number of ketones is 1. The first-order chi connectivity index (χ1) is 17.9. The van der Waals surface area contributed by atoms with Gasteiger partial charge in [-0.25, -0.2) is 4.79 Å². The predicted molar refractivity (Wildman–Crippen MR) is 138 cm³/mol. The monoisotopic (exact) mass is 500 g/mol. The van der Waals surface area contributed by atoms with Gasteiger partial charge in [-0.3, -0.25) is 4.79 Å². The normalized spacial score (nSPS) is 28.7. The molecule has 0 radical (unpaired) electrons. The predicted octanol–water partition coefficient (Wildman–Crippen LogP) is 4.20. The van der Waals surface area contributed by atoms with Crippen LogP contribution in [-0.4, -0.2) is 42.2 Å². The lowest BCUT2D eigenvalue weighted by Crippen LogP contribution is -2.38. The molecule has 0 aromatic heterocycles. The zero-order valence-electron chi connectivity index (χ0n) is 21.1. The largest absolute Gasteiger partial charge is 0.508 e. The summed E-state index contributed by atoms with van der Waals surface area (Å²) in [7, 11) is 1.64. The van der Waals surface area contributed by atoms with Crippen molar-refractivity contribution < 1.29 is 24.2 Å². The van der Waals surface area contributed by atoms with Gasteiger partial charge in [0.2, 0.25) is 0 Å². The number of carbonyl (C=O) groups excluding carboxylic acids is 2. The number of para-hydroxylation sites is 1. The van der Waals surface area contributed by atoms with Gasteiger partial charge in [-0.2, -0.15) is 0 Å². The van der Waals surface area contributed by atoms with Crippen LogP contribution in [0.3, 0.4) is 0 Å². The molecule has 2 bridgehead atoms. The highest BCUT2D eigenvalue weighted by Gasteiger charge is 2.45. The van der Waals surface area contributed by atoms with Crippen LogP contribution in [0.25, 0.3) is 0 Å². The third-order valence-electron chi connectivity index (χ3n) is 8.33. The highest BCUT2D eigenvalue weighted by molar-refractivity contribution is 6.04. The van der Waals surface area contributed by atoms with Gasteiger partial charge in [0.25, 0.3) is 0 Å². The number of phenols is 1. The van der Waals surface area contributed by atoms with Crippen LogP contribution in [0.4, 0.5) is 0 Å². The number of hydrogen-bond donors (Lipinski definition) is 3. The highest BCUT2D eigenvalue weighted by atomic mass is 16.5. The van der Waals surface area contributed by atoms with Crippen LogP contribution in [0.15, 0.2) is 71.1 Å². The number of hydrogen-bond acceptors (Lipinski definition) is 7. The lowest BCUT2D eigenvalue weighted by molar-refractivity contribution is -0.145. The number of rotatable bonds is 5. The number of dihydropyridines is 1. The van der Waals surface area contributed by atoms with Crippen molar-refractivity contribution in [2.75, 3.05) is 7.11 Å². The first-order valence-corrected chi connectivity index (χ1v) is 13.1. The molecule has 3 aliphatic heterocycles. The van der Waals surface area contributed by atoms with E-state index in [9.17, 15) is 14.7 Å². The van der Waals surface area contributed by atoms with Gasteiger partial charge in [-0.05, 0) is 55.5 Å². The first kappa shape index (κ1) is 23.8. The number of phenolic OH excluding ortho intramolecular Hbond substituents is 1. The van der Waals surface area contributed by atoms with Crippen molar-refractivity contribution >= 4 is 11.8 Å². The van der Waals surface area contributed by atoms with Gasteiger partial charge in [-0.15, -0.1) is 0 Å². The molecule has 6 rings (SSSR count). The number of benzene rings is 2. The molecule has 5 unspecified atom stereocenters. The van der Waals surface area contributed by atoms with E-state index >= 15 is 0 Å². The summed E-state index contributed by atoms with van der Waals surface area (Å²) in [5, 5.41) is 17.2.